The second kappa shape index (κ2) is 5.08. The number of H-pyrrole nitrogens is 1. The van der Waals surface area contributed by atoms with Crippen LogP contribution in [0.1, 0.15) is 6.92 Å². The van der Waals surface area contributed by atoms with Gasteiger partial charge in [-0.25, -0.2) is 8.42 Å². The van der Waals surface area contributed by atoms with Crippen molar-refractivity contribution in [2.24, 2.45) is 0 Å². The van der Waals surface area contributed by atoms with Gasteiger partial charge in [0.1, 0.15) is 0 Å². The average Bonchev–Trinajstić information content (AvgIpc) is 2.70. The molecule has 1 aromatic rings. The average molecular weight is 246 g/mol. The maximum absolute atomic E-state index is 11.8. The minimum absolute atomic E-state index is 0.0284. The Bertz CT molecular complexity index is 440. The van der Waals surface area contributed by atoms with Gasteiger partial charge in [0.2, 0.25) is 5.91 Å². The van der Waals surface area contributed by atoms with E-state index in [0.717, 1.165) is 4.31 Å². The summed E-state index contributed by atoms with van der Waals surface area (Å²) in [6.45, 7) is 2.02. The lowest BCUT2D eigenvalue weighted by Gasteiger charge is -2.14. The highest BCUT2D eigenvalue weighted by Gasteiger charge is 2.23. The molecule has 0 fully saturated rings. The summed E-state index contributed by atoms with van der Waals surface area (Å²) in [6, 6.07) is 1.34. The van der Waals surface area contributed by atoms with Gasteiger partial charge in [-0.15, -0.1) is 0 Å². The van der Waals surface area contributed by atoms with E-state index in [-0.39, 0.29) is 17.5 Å². The fourth-order valence-electron chi connectivity index (χ4n) is 1.09. The van der Waals surface area contributed by atoms with Crippen LogP contribution >= 0.6 is 0 Å². The monoisotopic (exact) mass is 246 g/mol. The normalized spacial score (nSPS) is 11.7. The molecule has 7 nitrogen and oxygen atoms in total. The van der Waals surface area contributed by atoms with Crippen LogP contribution in [-0.4, -0.2) is 49.0 Å². The summed E-state index contributed by atoms with van der Waals surface area (Å²) in [5, 5.41) is 8.40. The zero-order valence-corrected chi connectivity index (χ0v) is 9.91. The summed E-state index contributed by atoms with van der Waals surface area (Å²) in [6.07, 6.45) is 1.34. The summed E-state index contributed by atoms with van der Waals surface area (Å²) in [5.74, 6) is -0.340. The van der Waals surface area contributed by atoms with Gasteiger partial charge in [0.05, 0.1) is 12.7 Å². The number of rotatable bonds is 5. The Morgan fingerprint density at radius 1 is 1.62 bits per heavy atom. The molecule has 0 aliphatic heterocycles. The standard InChI is InChI=1S/C8H14N4O3S/c1-3-9-7(13)6-12(2)16(14,15)8-4-5-10-11-8/h4-5H,3,6H2,1-2H3,(H,9,13)(H,10,11). The van der Waals surface area contributed by atoms with Crippen LogP contribution < -0.4 is 5.32 Å². The molecule has 0 spiro atoms. The van der Waals surface area contributed by atoms with Crippen molar-refractivity contribution in [2.75, 3.05) is 20.1 Å². The van der Waals surface area contributed by atoms with Crippen LogP contribution in [-0.2, 0) is 14.8 Å². The molecule has 0 aliphatic carbocycles. The van der Waals surface area contributed by atoms with E-state index in [1.807, 2.05) is 0 Å². The number of likely N-dealkylation sites (N-methyl/N-ethyl adjacent to an activating group) is 2. The zero-order chi connectivity index (χ0) is 12.2. The van der Waals surface area contributed by atoms with E-state index < -0.39 is 10.0 Å². The molecule has 0 saturated heterocycles. The largest absolute Gasteiger partial charge is 0.355 e. The van der Waals surface area contributed by atoms with E-state index >= 15 is 0 Å². The Morgan fingerprint density at radius 2 is 2.31 bits per heavy atom. The van der Waals surface area contributed by atoms with Gasteiger partial charge in [-0.1, -0.05) is 0 Å². The van der Waals surface area contributed by atoms with Crippen molar-refractivity contribution in [3.05, 3.63) is 12.3 Å². The second-order valence-corrected chi connectivity index (χ2v) is 5.15. The van der Waals surface area contributed by atoms with Gasteiger partial charge in [-0.3, -0.25) is 9.89 Å². The van der Waals surface area contributed by atoms with Gasteiger partial charge in [0.25, 0.3) is 10.0 Å². The molecule has 2 N–H and O–H groups in total. The lowest BCUT2D eigenvalue weighted by atomic mass is 10.5. The molecule has 1 amide bonds. The molecular formula is C8H14N4O3S. The van der Waals surface area contributed by atoms with E-state index in [4.69, 9.17) is 0 Å². The molecule has 0 radical (unpaired) electrons. The first-order chi connectivity index (χ1) is 7.48. The van der Waals surface area contributed by atoms with Crippen LogP contribution in [0, 0.1) is 0 Å². The minimum Gasteiger partial charge on any atom is -0.355 e. The quantitative estimate of drug-likeness (QED) is 0.708. The molecule has 0 atom stereocenters. The molecule has 1 rings (SSSR count). The predicted molar refractivity (Wildman–Crippen MR) is 57.1 cm³/mol. The van der Waals surface area contributed by atoms with Crippen molar-refractivity contribution in [1.29, 1.82) is 0 Å². The number of carbonyl (C=O) groups excluding carboxylic acids is 1. The zero-order valence-electron chi connectivity index (χ0n) is 9.10. The van der Waals surface area contributed by atoms with Gasteiger partial charge >= 0.3 is 0 Å². The number of hydrogen-bond donors (Lipinski definition) is 2. The van der Waals surface area contributed by atoms with E-state index in [1.54, 1.807) is 6.92 Å². The highest BCUT2D eigenvalue weighted by Crippen LogP contribution is 2.09. The van der Waals surface area contributed by atoms with Crippen LogP contribution in [0.15, 0.2) is 17.3 Å². The van der Waals surface area contributed by atoms with Crippen molar-refractivity contribution in [1.82, 2.24) is 19.8 Å². The number of aromatic amines is 1. The van der Waals surface area contributed by atoms with Crippen LogP contribution in [0.3, 0.4) is 0 Å². The molecule has 1 aromatic heterocycles. The summed E-state index contributed by atoms with van der Waals surface area (Å²) in [5.41, 5.74) is 0. The maximum atomic E-state index is 11.8. The Hall–Kier alpha value is -1.41. The van der Waals surface area contributed by atoms with Crippen molar-refractivity contribution in [2.45, 2.75) is 11.9 Å². The van der Waals surface area contributed by atoms with Crippen molar-refractivity contribution in [3.8, 4) is 0 Å². The summed E-state index contributed by atoms with van der Waals surface area (Å²) < 4.78 is 24.6. The number of amides is 1. The molecule has 1 heterocycles. The molecule has 90 valence electrons. The summed E-state index contributed by atoms with van der Waals surface area (Å²) >= 11 is 0. The van der Waals surface area contributed by atoms with Crippen LogP contribution in [0.25, 0.3) is 0 Å². The maximum Gasteiger partial charge on any atom is 0.260 e. The van der Waals surface area contributed by atoms with Crippen molar-refractivity contribution < 1.29 is 13.2 Å². The van der Waals surface area contributed by atoms with Crippen molar-refractivity contribution >= 4 is 15.9 Å². The Kier molecular flexibility index (Phi) is 4.02. The third-order valence-electron chi connectivity index (χ3n) is 1.90. The Balaban J connectivity index is 2.74. The van der Waals surface area contributed by atoms with Gasteiger partial charge in [0.15, 0.2) is 5.03 Å². The fourth-order valence-corrected chi connectivity index (χ4v) is 2.12. The minimum atomic E-state index is -3.65. The number of hydrogen-bond acceptors (Lipinski definition) is 4. The highest BCUT2D eigenvalue weighted by atomic mass is 32.2. The third-order valence-corrected chi connectivity index (χ3v) is 3.64. The molecule has 0 unspecified atom stereocenters. The van der Waals surface area contributed by atoms with E-state index in [0.29, 0.717) is 6.54 Å². The van der Waals surface area contributed by atoms with Gasteiger partial charge in [0, 0.05) is 13.6 Å². The van der Waals surface area contributed by atoms with Crippen molar-refractivity contribution in [3.63, 3.8) is 0 Å². The first kappa shape index (κ1) is 12.7. The highest BCUT2D eigenvalue weighted by molar-refractivity contribution is 7.89. The van der Waals surface area contributed by atoms with Crippen LogP contribution in [0.4, 0.5) is 0 Å². The first-order valence-corrected chi connectivity index (χ1v) is 6.15. The molecule has 8 heteroatoms. The molecule has 0 bridgehead atoms. The van der Waals surface area contributed by atoms with Gasteiger partial charge in [-0.2, -0.15) is 9.40 Å². The van der Waals surface area contributed by atoms with E-state index in [9.17, 15) is 13.2 Å². The number of sulfonamides is 1. The Labute approximate surface area is 93.9 Å². The number of carbonyl (C=O) groups is 1. The van der Waals surface area contributed by atoms with Gasteiger partial charge < -0.3 is 5.32 Å². The third kappa shape index (κ3) is 2.80. The first-order valence-electron chi connectivity index (χ1n) is 4.71. The SMILES string of the molecule is CCNC(=O)CN(C)S(=O)(=O)c1ccn[nH]1. The summed E-state index contributed by atoms with van der Waals surface area (Å²) in [4.78, 5) is 11.2. The lowest BCUT2D eigenvalue weighted by molar-refractivity contribution is -0.121. The van der Waals surface area contributed by atoms with E-state index in [2.05, 4.69) is 15.5 Å². The lowest BCUT2D eigenvalue weighted by Crippen LogP contribution is -2.38. The number of nitrogens with one attached hydrogen (secondary N) is 2. The fraction of sp³-hybridized carbons (Fsp3) is 0.500. The summed E-state index contributed by atoms with van der Waals surface area (Å²) in [7, 11) is -2.32. The molecular weight excluding hydrogens is 232 g/mol. The molecule has 0 aromatic carbocycles. The number of aromatic nitrogens is 2. The topological polar surface area (TPSA) is 95.2 Å². The van der Waals surface area contributed by atoms with E-state index in [1.165, 1.54) is 19.3 Å². The van der Waals surface area contributed by atoms with Crippen LogP contribution in [0.5, 0.6) is 0 Å². The van der Waals surface area contributed by atoms with Crippen LogP contribution in [0.2, 0.25) is 0 Å². The van der Waals surface area contributed by atoms with Gasteiger partial charge in [-0.05, 0) is 13.0 Å². The second-order valence-electron chi connectivity index (χ2n) is 3.14. The smallest absolute Gasteiger partial charge is 0.260 e. The molecule has 0 saturated carbocycles. The predicted octanol–water partition coefficient (Wildman–Crippen LogP) is -0.834. The molecule has 16 heavy (non-hydrogen) atoms. The molecule has 0 aliphatic rings. The number of nitrogens with zero attached hydrogens (tertiary/aromatic N) is 2. The Morgan fingerprint density at radius 3 is 2.81 bits per heavy atom.